The highest BCUT2D eigenvalue weighted by Crippen LogP contribution is 2.25. The highest BCUT2D eigenvalue weighted by Gasteiger charge is 2.45. The third-order valence-corrected chi connectivity index (χ3v) is 3.96. The fourth-order valence-corrected chi connectivity index (χ4v) is 2.44. The summed E-state index contributed by atoms with van der Waals surface area (Å²) in [5.41, 5.74) is 0.564. The van der Waals surface area contributed by atoms with Gasteiger partial charge in [-0.3, -0.25) is 9.59 Å². The van der Waals surface area contributed by atoms with E-state index in [-0.39, 0.29) is 18.4 Å². The molecule has 0 aliphatic carbocycles. The molecule has 0 radical (unpaired) electrons. The van der Waals surface area contributed by atoms with Crippen molar-refractivity contribution in [3.8, 4) is 5.75 Å². The van der Waals surface area contributed by atoms with E-state index < -0.39 is 36.7 Å². The maximum Gasteiger partial charge on any atom is 0.308 e. The van der Waals surface area contributed by atoms with Crippen LogP contribution in [0, 0.1) is 5.92 Å². The molecule has 1 aromatic rings. The lowest BCUT2D eigenvalue weighted by molar-refractivity contribution is -0.278. The highest BCUT2D eigenvalue weighted by atomic mass is 16.7. The smallest absolute Gasteiger partial charge is 0.308 e. The minimum atomic E-state index is -1.54. The van der Waals surface area contributed by atoms with Crippen LogP contribution in [0.15, 0.2) is 24.3 Å². The van der Waals surface area contributed by atoms with E-state index in [1.807, 2.05) is 0 Å². The van der Waals surface area contributed by atoms with E-state index in [9.17, 15) is 24.9 Å². The van der Waals surface area contributed by atoms with Gasteiger partial charge >= 0.3 is 5.97 Å². The molecule has 0 aromatic heterocycles. The highest BCUT2D eigenvalue weighted by molar-refractivity contribution is 5.88. The second kappa shape index (κ2) is 9.14. The lowest BCUT2D eigenvalue weighted by Gasteiger charge is -2.40. The van der Waals surface area contributed by atoms with Crippen molar-refractivity contribution in [2.45, 2.75) is 51.5 Å². The summed E-state index contributed by atoms with van der Waals surface area (Å²) in [5.74, 6) is -0.729. The van der Waals surface area contributed by atoms with Crippen LogP contribution in [0.25, 0.3) is 0 Å². The van der Waals surface area contributed by atoms with E-state index in [2.05, 4.69) is 5.32 Å². The van der Waals surface area contributed by atoms with E-state index >= 15 is 0 Å². The summed E-state index contributed by atoms with van der Waals surface area (Å²) in [6.07, 6.45) is -6.83. The molecule has 1 aliphatic heterocycles. The van der Waals surface area contributed by atoms with Crippen molar-refractivity contribution in [1.29, 1.82) is 0 Å². The van der Waals surface area contributed by atoms with Crippen molar-refractivity contribution in [2.75, 3.05) is 11.9 Å². The first-order valence-corrected chi connectivity index (χ1v) is 8.59. The summed E-state index contributed by atoms with van der Waals surface area (Å²) in [7, 11) is 0. The predicted octanol–water partition coefficient (Wildman–Crippen LogP) is 0.0306. The molecule has 1 heterocycles. The number of hydrogen-bond acceptors (Lipinski definition) is 8. The first-order valence-electron chi connectivity index (χ1n) is 8.59. The Morgan fingerprint density at radius 2 is 1.74 bits per heavy atom. The molecule has 0 spiro atoms. The number of rotatable bonds is 6. The van der Waals surface area contributed by atoms with Gasteiger partial charge in [0.1, 0.15) is 36.8 Å². The first kappa shape index (κ1) is 21.1. The third-order valence-electron chi connectivity index (χ3n) is 3.96. The van der Waals surface area contributed by atoms with Crippen molar-refractivity contribution in [1.82, 2.24) is 0 Å². The Kier molecular flexibility index (Phi) is 7.14. The third kappa shape index (κ3) is 5.64. The Balaban J connectivity index is 2.02. The molecule has 9 heteroatoms. The van der Waals surface area contributed by atoms with Crippen molar-refractivity contribution < 1.29 is 39.1 Å². The predicted molar refractivity (Wildman–Crippen MR) is 93.9 cm³/mol. The maximum absolute atomic E-state index is 11.6. The minimum absolute atomic E-state index is 0.217. The van der Waals surface area contributed by atoms with Gasteiger partial charge in [-0.05, 0) is 24.3 Å². The van der Waals surface area contributed by atoms with Crippen LogP contribution in [0.2, 0.25) is 0 Å². The van der Waals surface area contributed by atoms with Crippen molar-refractivity contribution >= 4 is 17.6 Å². The number of nitrogens with one attached hydrogen (secondary N) is 1. The Labute approximate surface area is 156 Å². The normalized spacial score (nSPS) is 27.9. The van der Waals surface area contributed by atoms with Crippen molar-refractivity contribution in [3.63, 3.8) is 0 Å². The van der Waals surface area contributed by atoms with Crippen LogP contribution >= 0.6 is 0 Å². The summed E-state index contributed by atoms with van der Waals surface area (Å²) in [4.78, 5) is 22.6. The van der Waals surface area contributed by atoms with Crippen molar-refractivity contribution in [3.05, 3.63) is 24.3 Å². The molecule has 4 N–H and O–H groups in total. The van der Waals surface area contributed by atoms with Gasteiger partial charge in [-0.2, -0.15) is 0 Å². The minimum Gasteiger partial charge on any atom is -0.463 e. The molecule has 0 saturated carbocycles. The topological polar surface area (TPSA) is 135 Å². The number of amides is 1. The molecule has 1 aromatic carbocycles. The van der Waals surface area contributed by atoms with Gasteiger partial charge in [0.15, 0.2) is 0 Å². The number of ether oxygens (including phenoxy) is 3. The number of anilines is 1. The van der Waals surface area contributed by atoms with Crippen LogP contribution in [0.1, 0.15) is 20.8 Å². The van der Waals surface area contributed by atoms with Gasteiger partial charge in [0, 0.05) is 12.6 Å². The molecule has 1 aliphatic rings. The fourth-order valence-electron chi connectivity index (χ4n) is 2.44. The zero-order chi connectivity index (χ0) is 20.1. The van der Waals surface area contributed by atoms with E-state index in [4.69, 9.17) is 14.2 Å². The van der Waals surface area contributed by atoms with E-state index in [0.29, 0.717) is 11.4 Å². The van der Waals surface area contributed by atoms with Gasteiger partial charge < -0.3 is 34.8 Å². The lowest BCUT2D eigenvalue weighted by Crippen LogP contribution is -2.60. The number of carbonyl (C=O) groups is 2. The molecule has 0 bridgehead atoms. The average Bonchev–Trinajstić information content (AvgIpc) is 2.61. The number of carbonyl (C=O) groups excluding carboxylic acids is 2. The molecule has 150 valence electrons. The number of hydrogen-bond donors (Lipinski definition) is 4. The van der Waals surface area contributed by atoms with Gasteiger partial charge in [0.2, 0.25) is 12.2 Å². The second-order valence-electron chi connectivity index (χ2n) is 6.62. The quantitative estimate of drug-likeness (QED) is 0.506. The Morgan fingerprint density at radius 1 is 1.11 bits per heavy atom. The van der Waals surface area contributed by atoms with Crippen LogP contribution in [0.4, 0.5) is 5.69 Å². The standard InChI is InChI=1S/C18H25NO8/c1-9(2)17(24)25-8-13-14(21)15(22)16(23)18(27-13)26-12-6-4-11(5-7-12)19-10(3)20/h4-7,9,13-16,18,21-23H,8H2,1-3H3,(H,19,20)/t13?,14-,15+,16?,18+/m1/s1. The molecule has 27 heavy (non-hydrogen) atoms. The lowest BCUT2D eigenvalue weighted by atomic mass is 9.99. The molecule has 5 atom stereocenters. The molecule has 1 amide bonds. The van der Waals surface area contributed by atoms with E-state index in [1.165, 1.54) is 6.92 Å². The maximum atomic E-state index is 11.6. The summed E-state index contributed by atoms with van der Waals surface area (Å²) in [6.45, 7) is 4.42. The van der Waals surface area contributed by atoms with Gasteiger partial charge in [0.05, 0.1) is 5.92 Å². The molecular formula is C18H25NO8. The molecular weight excluding hydrogens is 358 g/mol. The number of esters is 1. The van der Waals surface area contributed by atoms with Crippen LogP contribution < -0.4 is 10.1 Å². The molecule has 1 saturated heterocycles. The zero-order valence-electron chi connectivity index (χ0n) is 15.4. The molecule has 2 rings (SSSR count). The Hall–Kier alpha value is -2.20. The summed E-state index contributed by atoms with van der Waals surface area (Å²) in [6, 6.07) is 6.29. The van der Waals surface area contributed by atoms with Gasteiger partial charge in [0.25, 0.3) is 0 Å². The van der Waals surface area contributed by atoms with Gasteiger partial charge in [-0.15, -0.1) is 0 Å². The second-order valence-corrected chi connectivity index (χ2v) is 6.62. The average molecular weight is 383 g/mol. The van der Waals surface area contributed by atoms with Crippen LogP contribution in [-0.4, -0.2) is 64.5 Å². The summed E-state index contributed by atoms with van der Waals surface area (Å²) >= 11 is 0. The molecule has 1 fully saturated rings. The largest absolute Gasteiger partial charge is 0.463 e. The van der Waals surface area contributed by atoms with Crippen LogP contribution in [0.5, 0.6) is 5.75 Å². The van der Waals surface area contributed by atoms with Gasteiger partial charge in [-0.25, -0.2) is 0 Å². The Bertz CT molecular complexity index is 647. The zero-order valence-corrected chi connectivity index (χ0v) is 15.4. The van der Waals surface area contributed by atoms with E-state index in [0.717, 1.165) is 0 Å². The molecule has 9 nitrogen and oxygen atoms in total. The first-order chi connectivity index (χ1) is 12.7. The molecule has 2 unspecified atom stereocenters. The van der Waals surface area contributed by atoms with Crippen LogP contribution in [-0.2, 0) is 19.1 Å². The van der Waals surface area contributed by atoms with Gasteiger partial charge in [-0.1, -0.05) is 13.8 Å². The van der Waals surface area contributed by atoms with Crippen molar-refractivity contribution in [2.24, 2.45) is 5.92 Å². The number of benzene rings is 1. The van der Waals surface area contributed by atoms with E-state index in [1.54, 1.807) is 38.1 Å². The number of aliphatic hydroxyl groups is 3. The summed E-state index contributed by atoms with van der Waals surface area (Å²) in [5, 5.41) is 32.8. The monoisotopic (exact) mass is 383 g/mol. The Morgan fingerprint density at radius 3 is 2.30 bits per heavy atom. The van der Waals surface area contributed by atoms with Crippen LogP contribution in [0.3, 0.4) is 0 Å². The fraction of sp³-hybridized carbons (Fsp3) is 0.556. The number of aliphatic hydroxyl groups excluding tert-OH is 3. The SMILES string of the molecule is CC(=O)Nc1ccc(O[C@H]2OC(COC(=O)C(C)C)[C@@H](O)[C@H](O)C2O)cc1. The summed E-state index contributed by atoms with van der Waals surface area (Å²) < 4.78 is 16.1.